The van der Waals surface area contributed by atoms with Gasteiger partial charge in [-0.1, -0.05) is 18.2 Å². The van der Waals surface area contributed by atoms with Gasteiger partial charge in [0.2, 0.25) is 0 Å². The van der Waals surface area contributed by atoms with Crippen LogP contribution in [0.4, 0.5) is 8.78 Å². The van der Waals surface area contributed by atoms with Gasteiger partial charge in [-0.25, -0.2) is 8.78 Å². The maximum Gasteiger partial charge on any atom is 0.263 e. The largest absolute Gasteiger partial charge is 0.300 e. The van der Waals surface area contributed by atoms with Crippen molar-refractivity contribution in [2.75, 3.05) is 0 Å². The summed E-state index contributed by atoms with van der Waals surface area (Å²) in [7, 11) is 0. The Labute approximate surface area is 81.7 Å². The molecule has 3 heteroatoms. The zero-order valence-electron chi connectivity index (χ0n) is 8.18. The second-order valence-corrected chi connectivity index (χ2v) is 3.37. The Kier molecular flexibility index (Phi) is 3.33. The molecule has 1 nitrogen and oxygen atoms in total. The Morgan fingerprint density at radius 2 is 2.07 bits per heavy atom. The SMILES string of the molecule is CC(=O)Cc1ccc(C(F)F)cc1C. The topological polar surface area (TPSA) is 17.1 Å². The third-order valence-corrected chi connectivity index (χ3v) is 2.06. The summed E-state index contributed by atoms with van der Waals surface area (Å²) >= 11 is 0. The number of rotatable bonds is 3. The summed E-state index contributed by atoms with van der Waals surface area (Å²) in [6.45, 7) is 3.23. The van der Waals surface area contributed by atoms with E-state index in [-0.39, 0.29) is 11.3 Å². The van der Waals surface area contributed by atoms with Crippen molar-refractivity contribution in [2.45, 2.75) is 26.7 Å². The summed E-state index contributed by atoms with van der Waals surface area (Å²) in [6.07, 6.45) is -2.13. The van der Waals surface area contributed by atoms with E-state index in [9.17, 15) is 13.6 Å². The lowest BCUT2D eigenvalue weighted by Crippen LogP contribution is -1.99. The molecule has 1 aromatic rings. The molecule has 0 saturated carbocycles. The van der Waals surface area contributed by atoms with Crippen molar-refractivity contribution in [3.8, 4) is 0 Å². The van der Waals surface area contributed by atoms with E-state index < -0.39 is 6.43 Å². The van der Waals surface area contributed by atoms with Gasteiger partial charge in [0, 0.05) is 12.0 Å². The summed E-state index contributed by atoms with van der Waals surface area (Å²) in [6, 6.07) is 4.40. The highest BCUT2D eigenvalue weighted by molar-refractivity contribution is 5.78. The van der Waals surface area contributed by atoms with Crippen LogP contribution in [0.3, 0.4) is 0 Å². The molecule has 1 aromatic carbocycles. The molecule has 0 aliphatic heterocycles. The minimum Gasteiger partial charge on any atom is -0.300 e. The molecule has 0 aliphatic carbocycles. The van der Waals surface area contributed by atoms with E-state index in [1.165, 1.54) is 19.1 Å². The molecule has 0 atom stereocenters. The van der Waals surface area contributed by atoms with E-state index in [1.54, 1.807) is 13.0 Å². The number of ketones is 1. The van der Waals surface area contributed by atoms with Crippen molar-refractivity contribution in [1.82, 2.24) is 0 Å². The van der Waals surface area contributed by atoms with Gasteiger partial charge in [-0.3, -0.25) is 4.79 Å². The number of alkyl halides is 2. The van der Waals surface area contributed by atoms with Crippen LogP contribution in [-0.2, 0) is 11.2 Å². The molecular weight excluding hydrogens is 186 g/mol. The third-order valence-electron chi connectivity index (χ3n) is 2.06. The molecule has 0 amide bonds. The van der Waals surface area contributed by atoms with Gasteiger partial charge in [0.1, 0.15) is 5.78 Å². The first-order valence-corrected chi connectivity index (χ1v) is 4.37. The maximum absolute atomic E-state index is 12.3. The first kappa shape index (κ1) is 10.8. The molecule has 0 spiro atoms. The molecule has 0 fully saturated rings. The fraction of sp³-hybridized carbons (Fsp3) is 0.364. The number of Topliss-reactive ketones (excluding diaryl/α,β-unsaturated/α-hetero) is 1. The van der Waals surface area contributed by atoms with Gasteiger partial charge in [-0.2, -0.15) is 0 Å². The molecule has 0 N–H and O–H groups in total. The van der Waals surface area contributed by atoms with Crippen LogP contribution >= 0.6 is 0 Å². The van der Waals surface area contributed by atoms with Crippen LogP contribution in [-0.4, -0.2) is 5.78 Å². The van der Waals surface area contributed by atoms with Crippen LogP contribution < -0.4 is 0 Å². The van der Waals surface area contributed by atoms with Crippen molar-refractivity contribution in [3.05, 3.63) is 34.9 Å². The van der Waals surface area contributed by atoms with Crippen LogP contribution in [0, 0.1) is 6.92 Å². The van der Waals surface area contributed by atoms with Crippen molar-refractivity contribution >= 4 is 5.78 Å². The first-order chi connectivity index (χ1) is 6.50. The Hall–Kier alpha value is -1.25. The molecule has 76 valence electrons. The fourth-order valence-electron chi connectivity index (χ4n) is 1.32. The average molecular weight is 198 g/mol. The van der Waals surface area contributed by atoms with Crippen LogP contribution in [0.25, 0.3) is 0 Å². The standard InChI is InChI=1S/C11H12F2O/c1-7-5-10(11(12)13)4-3-9(7)6-8(2)14/h3-5,11H,6H2,1-2H3. The summed E-state index contributed by atoms with van der Waals surface area (Å²) in [5.74, 6) is 0.0397. The molecule has 0 unspecified atom stereocenters. The minimum atomic E-state index is -2.44. The van der Waals surface area contributed by atoms with Gasteiger partial charge >= 0.3 is 0 Å². The molecule has 0 aliphatic rings. The Bertz CT molecular complexity index is 345. The smallest absolute Gasteiger partial charge is 0.263 e. The number of aryl methyl sites for hydroxylation is 1. The number of carbonyl (C=O) groups is 1. The van der Waals surface area contributed by atoms with Crippen molar-refractivity contribution < 1.29 is 13.6 Å². The van der Waals surface area contributed by atoms with E-state index in [4.69, 9.17) is 0 Å². The number of hydrogen-bond donors (Lipinski definition) is 0. The quantitative estimate of drug-likeness (QED) is 0.729. The summed E-state index contributed by atoms with van der Waals surface area (Å²) < 4.78 is 24.5. The lowest BCUT2D eigenvalue weighted by Gasteiger charge is -2.06. The van der Waals surface area contributed by atoms with Crippen LogP contribution in [0.15, 0.2) is 18.2 Å². The van der Waals surface area contributed by atoms with Gasteiger partial charge in [0.25, 0.3) is 6.43 Å². The number of hydrogen-bond acceptors (Lipinski definition) is 1. The maximum atomic E-state index is 12.3. The van der Waals surface area contributed by atoms with Gasteiger partial charge in [0.05, 0.1) is 0 Å². The Balaban J connectivity index is 2.95. The predicted molar refractivity (Wildman–Crippen MR) is 50.5 cm³/mol. The summed E-state index contributed by atoms with van der Waals surface area (Å²) in [4.78, 5) is 10.8. The number of carbonyl (C=O) groups excluding carboxylic acids is 1. The molecule has 0 bridgehead atoms. The van der Waals surface area contributed by atoms with Crippen molar-refractivity contribution in [2.24, 2.45) is 0 Å². The van der Waals surface area contributed by atoms with Crippen LogP contribution in [0.2, 0.25) is 0 Å². The molecule has 0 heterocycles. The fourth-order valence-corrected chi connectivity index (χ4v) is 1.32. The van der Waals surface area contributed by atoms with Gasteiger partial charge in [-0.15, -0.1) is 0 Å². The lowest BCUT2D eigenvalue weighted by molar-refractivity contribution is -0.116. The average Bonchev–Trinajstić information content (AvgIpc) is 2.07. The highest BCUT2D eigenvalue weighted by atomic mass is 19.3. The van der Waals surface area contributed by atoms with Crippen molar-refractivity contribution in [3.63, 3.8) is 0 Å². The normalized spacial score (nSPS) is 10.6. The van der Waals surface area contributed by atoms with Crippen molar-refractivity contribution in [1.29, 1.82) is 0 Å². The second kappa shape index (κ2) is 4.31. The van der Waals surface area contributed by atoms with E-state index in [0.29, 0.717) is 6.42 Å². The zero-order valence-corrected chi connectivity index (χ0v) is 8.18. The molecule has 14 heavy (non-hydrogen) atoms. The minimum absolute atomic E-state index is 0.00908. The number of halogens is 2. The first-order valence-electron chi connectivity index (χ1n) is 4.37. The Morgan fingerprint density at radius 3 is 2.50 bits per heavy atom. The summed E-state index contributed by atoms with van der Waals surface area (Å²) in [5.41, 5.74) is 1.58. The van der Waals surface area contributed by atoms with Gasteiger partial charge in [0.15, 0.2) is 0 Å². The van der Waals surface area contributed by atoms with Gasteiger partial charge in [-0.05, 0) is 25.0 Å². The second-order valence-electron chi connectivity index (χ2n) is 3.37. The summed E-state index contributed by atoms with van der Waals surface area (Å²) in [5, 5.41) is 0. The number of benzene rings is 1. The zero-order chi connectivity index (χ0) is 10.7. The predicted octanol–water partition coefficient (Wildman–Crippen LogP) is 3.06. The van der Waals surface area contributed by atoms with E-state index >= 15 is 0 Å². The highest BCUT2D eigenvalue weighted by Crippen LogP contribution is 2.21. The molecule has 0 saturated heterocycles. The van der Waals surface area contributed by atoms with E-state index in [0.717, 1.165) is 11.1 Å². The Morgan fingerprint density at radius 1 is 1.43 bits per heavy atom. The molecular formula is C11H12F2O. The molecule has 0 radical (unpaired) electrons. The van der Waals surface area contributed by atoms with Crippen LogP contribution in [0.1, 0.15) is 30.0 Å². The third kappa shape index (κ3) is 2.62. The van der Waals surface area contributed by atoms with E-state index in [1.807, 2.05) is 0 Å². The monoisotopic (exact) mass is 198 g/mol. The lowest BCUT2D eigenvalue weighted by atomic mass is 10.0. The van der Waals surface area contributed by atoms with E-state index in [2.05, 4.69) is 0 Å². The highest BCUT2D eigenvalue weighted by Gasteiger charge is 2.09. The van der Waals surface area contributed by atoms with Gasteiger partial charge < -0.3 is 0 Å². The molecule has 0 aromatic heterocycles. The molecule has 1 rings (SSSR count). The van der Waals surface area contributed by atoms with Crippen LogP contribution in [0.5, 0.6) is 0 Å².